The van der Waals surface area contributed by atoms with Gasteiger partial charge in [0.1, 0.15) is 16.1 Å². The Hall–Kier alpha value is -3.94. The average Bonchev–Trinajstić information content (AvgIpc) is 3.42. The van der Waals surface area contributed by atoms with Gasteiger partial charge in [-0.2, -0.15) is 23.3 Å². The largest absolute Gasteiger partial charge is 0.450 e. The maximum absolute atomic E-state index is 14.2. The number of anilines is 2. The second-order valence-corrected chi connectivity index (χ2v) is 10.6. The monoisotopic (exact) mass is 599 g/mol. The van der Waals surface area contributed by atoms with Crippen LogP contribution in [0.5, 0.6) is 11.5 Å². The van der Waals surface area contributed by atoms with Gasteiger partial charge in [0.2, 0.25) is 5.95 Å². The Bertz CT molecular complexity index is 1740. The molecule has 0 aliphatic carbocycles. The number of aryl methyl sites for hydroxylation is 1. The molecule has 4 aromatic heterocycles. The number of imidazole rings is 1. The van der Waals surface area contributed by atoms with Crippen LogP contribution in [-0.4, -0.2) is 71.7 Å². The molecule has 5 aromatic rings. The van der Waals surface area contributed by atoms with E-state index in [9.17, 15) is 13.2 Å². The highest BCUT2D eigenvalue weighted by atomic mass is 35.5. The van der Waals surface area contributed by atoms with Gasteiger partial charge in [0.15, 0.2) is 17.1 Å². The van der Waals surface area contributed by atoms with Crippen molar-refractivity contribution in [2.45, 2.75) is 26.1 Å². The first kappa shape index (κ1) is 28.2. The Morgan fingerprint density at radius 3 is 2.67 bits per heavy atom. The van der Waals surface area contributed by atoms with Gasteiger partial charge < -0.3 is 19.5 Å². The van der Waals surface area contributed by atoms with Crippen LogP contribution in [0.4, 0.5) is 24.8 Å². The van der Waals surface area contributed by atoms with E-state index in [1.54, 1.807) is 53.1 Å². The zero-order valence-corrected chi connectivity index (χ0v) is 23.8. The summed E-state index contributed by atoms with van der Waals surface area (Å²) in [6.45, 7) is 6.60. The Balaban J connectivity index is 1.26. The Kier molecular flexibility index (Phi) is 7.64. The highest BCUT2D eigenvalue weighted by molar-refractivity contribution is 6.36. The van der Waals surface area contributed by atoms with Crippen molar-refractivity contribution in [3.05, 3.63) is 65.3 Å². The van der Waals surface area contributed by atoms with Crippen LogP contribution in [0.1, 0.15) is 24.5 Å². The smallest absolute Gasteiger partial charge is 0.416 e. The lowest BCUT2D eigenvalue weighted by atomic mass is 10.0. The summed E-state index contributed by atoms with van der Waals surface area (Å²) in [5.41, 5.74) is 1.25. The molecule has 14 heteroatoms. The zero-order chi connectivity index (χ0) is 29.4. The number of alkyl halides is 3. The first-order valence-corrected chi connectivity index (χ1v) is 14.0. The van der Waals surface area contributed by atoms with Crippen molar-refractivity contribution in [1.82, 2.24) is 38.9 Å². The molecule has 0 atom stereocenters. The van der Waals surface area contributed by atoms with Crippen LogP contribution >= 0.6 is 11.6 Å². The fraction of sp³-hybridized carbons (Fsp3) is 0.357. The number of likely N-dealkylation sites (N-methyl/N-ethyl adjacent to an activating group) is 1. The van der Waals surface area contributed by atoms with Crippen LogP contribution in [0.2, 0.25) is 5.02 Å². The molecule has 0 spiro atoms. The van der Waals surface area contributed by atoms with Crippen molar-refractivity contribution < 1.29 is 17.9 Å². The van der Waals surface area contributed by atoms with E-state index in [1.807, 2.05) is 0 Å². The molecule has 1 fully saturated rings. The summed E-state index contributed by atoms with van der Waals surface area (Å²) >= 11 is 6.71. The van der Waals surface area contributed by atoms with Gasteiger partial charge in [-0.05, 0) is 43.8 Å². The second-order valence-electron chi connectivity index (χ2n) is 10.2. The minimum atomic E-state index is -4.51. The van der Waals surface area contributed by atoms with Gasteiger partial charge in [-0.25, -0.2) is 9.50 Å². The van der Waals surface area contributed by atoms with Crippen molar-refractivity contribution >= 4 is 39.9 Å². The lowest BCUT2D eigenvalue weighted by molar-refractivity contribution is -0.138. The van der Waals surface area contributed by atoms with Crippen molar-refractivity contribution in [2.24, 2.45) is 7.05 Å². The summed E-state index contributed by atoms with van der Waals surface area (Å²) in [5, 5.41) is 7.49. The standard InChI is InChI=1S/C28H29ClF3N9O/c1-3-39-8-4-9-40(12-11-39)17-18-5-6-19(13-20(18)28(30,31)32)36-27-37-26-25(38(27)2)24(29)23(15-34-26)42-22-16-35-41-10-7-33-14-21(22)41/h5-7,10,13-16H,3-4,8-9,11-12,17H2,1-2H3,(H,34,36,37). The SMILES string of the molecule is CCN1CCCN(Cc2ccc(Nc3nc4ncc(Oc5cnn6ccncc56)c(Cl)c4n3C)cc2C(F)(F)F)CC1. The topological polar surface area (TPSA) is 88.6 Å². The number of fused-ring (bicyclic) bond motifs is 2. The fourth-order valence-corrected chi connectivity index (χ4v) is 5.53. The van der Waals surface area contributed by atoms with Crippen molar-refractivity contribution in [2.75, 3.05) is 38.0 Å². The first-order chi connectivity index (χ1) is 20.2. The summed E-state index contributed by atoms with van der Waals surface area (Å²) in [4.78, 5) is 17.3. The number of aromatic nitrogens is 6. The number of rotatable bonds is 7. The van der Waals surface area contributed by atoms with Crippen LogP contribution in [0.25, 0.3) is 16.7 Å². The summed E-state index contributed by atoms with van der Waals surface area (Å²) in [6, 6.07) is 4.31. The maximum Gasteiger partial charge on any atom is 0.416 e. The number of halogens is 4. The van der Waals surface area contributed by atoms with Crippen LogP contribution in [0.3, 0.4) is 0 Å². The van der Waals surface area contributed by atoms with Gasteiger partial charge in [0.05, 0.1) is 24.2 Å². The summed E-state index contributed by atoms with van der Waals surface area (Å²) in [6.07, 6.45) is 4.32. The van der Waals surface area contributed by atoms with Crippen molar-refractivity contribution in [1.29, 1.82) is 0 Å². The van der Waals surface area contributed by atoms with Crippen LogP contribution in [0.15, 0.2) is 49.2 Å². The number of hydrogen-bond acceptors (Lipinski definition) is 8. The van der Waals surface area contributed by atoms with Gasteiger partial charge in [0, 0.05) is 44.8 Å². The van der Waals surface area contributed by atoms with Crippen molar-refractivity contribution in [3.8, 4) is 11.5 Å². The van der Waals surface area contributed by atoms with E-state index >= 15 is 0 Å². The van der Waals surface area contributed by atoms with Crippen molar-refractivity contribution in [3.63, 3.8) is 0 Å². The Morgan fingerprint density at radius 2 is 1.86 bits per heavy atom. The zero-order valence-electron chi connectivity index (χ0n) is 23.1. The number of ether oxygens (including phenoxy) is 1. The molecule has 0 bridgehead atoms. The molecule has 1 aliphatic heterocycles. The number of benzene rings is 1. The minimum absolute atomic E-state index is 0.240. The van der Waals surface area contributed by atoms with Crippen LogP contribution in [0, 0.1) is 0 Å². The molecule has 0 unspecified atom stereocenters. The molecule has 1 aliphatic rings. The summed E-state index contributed by atoms with van der Waals surface area (Å²) in [5.74, 6) is 0.996. The number of hydrogen-bond donors (Lipinski definition) is 1. The predicted molar refractivity (Wildman–Crippen MR) is 153 cm³/mol. The molecule has 0 radical (unpaired) electrons. The van der Waals surface area contributed by atoms with E-state index in [0.29, 0.717) is 22.4 Å². The molecule has 10 nitrogen and oxygen atoms in total. The minimum Gasteiger partial charge on any atom is -0.450 e. The van der Waals surface area contributed by atoms with E-state index in [0.717, 1.165) is 45.2 Å². The van der Waals surface area contributed by atoms with Gasteiger partial charge in [-0.3, -0.25) is 9.88 Å². The molecule has 1 saturated heterocycles. The van der Waals surface area contributed by atoms with Crippen LogP contribution in [-0.2, 0) is 19.8 Å². The molecular formula is C28H29ClF3N9O. The third-order valence-corrected chi connectivity index (χ3v) is 7.87. The van der Waals surface area contributed by atoms with Gasteiger partial charge in [0.25, 0.3) is 0 Å². The first-order valence-electron chi connectivity index (χ1n) is 13.6. The average molecular weight is 600 g/mol. The highest BCUT2D eigenvalue weighted by Crippen LogP contribution is 2.38. The Morgan fingerprint density at radius 1 is 1.05 bits per heavy atom. The van der Waals surface area contributed by atoms with E-state index in [4.69, 9.17) is 16.3 Å². The lowest BCUT2D eigenvalue weighted by Gasteiger charge is -2.23. The maximum atomic E-state index is 14.2. The quantitative estimate of drug-likeness (QED) is 0.253. The van der Waals surface area contributed by atoms with E-state index < -0.39 is 11.7 Å². The third-order valence-electron chi connectivity index (χ3n) is 7.51. The molecule has 0 amide bonds. The van der Waals surface area contributed by atoms with E-state index in [-0.39, 0.29) is 34.5 Å². The molecule has 6 rings (SSSR count). The number of nitrogens with one attached hydrogen (secondary N) is 1. The normalized spacial score (nSPS) is 15.4. The molecule has 5 heterocycles. The van der Waals surface area contributed by atoms with Crippen LogP contribution < -0.4 is 10.1 Å². The lowest BCUT2D eigenvalue weighted by Crippen LogP contribution is -2.31. The van der Waals surface area contributed by atoms with Gasteiger partial charge in [-0.1, -0.05) is 24.6 Å². The fourth-order valence-electron chi connectivity index (χ4n) is 5.23. The highest BCUT2D eigenvalue weighted by Gasteiger charge is 2.34. The molecule has 1 N–H and O–H groups in total. The molecule has 1 aromatic carbocycles. The summed E-state index contributed by atoms with van der Waals surface area (Å²) in [7, 11) is 1.70. The number of nitrogens with zero attached hydrogens (tertiary/aromatic N) is 8. The van der Waals surface area contributed by atoms with Gasteiger partial charge >= 0.3 is 6.18 Å². The van der Waals surface area contributed by atoms with Gasteiger partial charge in [-0.15, -0.1) is 0 Å². The third kappa shape index (κ3) is 5.59. The molecule has 220 valence electrons. The molecule has 42 heavy (non-hydrogen) atoms. The van der Waals surface area contributed by atoms with E-state index in [2.05, 4.69) is 42.1 Å². The molecular weight excluding hydrogens is 571 g/mol. The Labute approximate surface area is 244 Å². The number of pyridine rings is 1. The molecule has 0 saturated carbocycles. The van der Waals surface area contributed by atoms with E-state index in [1.165, 1.54) is 6.20 Å². The second kappa shape index (κ2) is 11.4. The summed E-state index contributed by atoms with van der Waals surface area (Å²) < 4.78 is 51.8. The predicted octanol–water partition coefficient (Wildman–Crippen LogP) is 5.75.